The third-order valence-corrected chi connectivity index (χ3v) is 6.74. The van der Waals surface area contributed by atoms with Crippen LogP contribution in [0.3, 0.4) is 0 Å². The van der Waals surface area contributed by atoms with Gasteiger partial charge in [-0.25, -0.2) is 14.4 Å². The van der Waals surface area contributed by atoms with E-state index in [1.54, 1.807) is 10.5 Å². The lowest BCUT2D eigenvalue weighted by molar-refractivity contribution is 0.0985. The van der Waals surface area contributed by atoms with Crippen molar-refractivity contribution in [1.82, 2.24) is 24.4 Å². The highest BCUT2D eigenvalue weighted by molar-refractivity contribution is 9.10. The number of piperidine rings is 1. The van der Waals surface area contributed by atoms with E-state index >= 15 is 0 Å². The first-order valence-corrected chi connectivity index (χ1v) is 12.5. The monoisotopic (exact) mass is 571 g/mol. The van der Waals surface area contributed by atoms with Crippen molar-refractivity contribution in [3.8, 4) is 5.75 Å². The number of H-pyrrole nitrogens is 2. The molecule has 2 aromatic heterocycles. The standard InChI is InChI=1S/C24H23BrClN7O3/c1-13-2-3-14(25)10-18(13)29-22(34)20-21(28-12-27-20)23(35)32-24-30-17-5-4-16(11-19(17)31-24)36-15-6-8-33(26)9-7-15/h2-5,10-12,15H,6-9H2,1H3,(H,27,28)(H,29,34)(H2,30,31,32,35). The molecule has 0 bridgehead atoms. The van der Waals surface area contributed by atoms with E-state index in [1.807, 2.05) is 37.3 Å². The summed E-state index contributed by atoms with van der Waals surface area (Å²) in [4.78, 5) is 40.1. The molecule has 1 aliphatic rings. The van der Waals surface area contributed by atoms with Gasteiger partial charge in [0.15, 0.2) is 5.69 Å². The second kappa shape index (κ2) is 10.3. The van der Waals surface area contributed by atoms with Gasteiger partial charge in [-0.2, -0.15) is 0 Å². The second-order valence-corrected chi connectivity index (χ2v) is 9.88. The molecule has 36 heavy (non-hydrogen) atoms. The minimum absolute atomic E-state index is 0.0234. The molecule has 0 aliphatic carbocycles. The Balaban J connectivity index is 1.28. The van der Waals surface area contributed by atoms with Gasteiger partial charge in [-0.1, -0.05) is 22.0 Å². The zero-order valence-electron chi connectivity index (χ0n) is 19.3. The Morgan fingerprint density at radius 3 is 2.75 bits per heavy atom. The van der Waals surface area contributed by atoms with Crippen molar-refractivity contribution in [3.63, 3.8) is 0 Å². The molecule has 4 N–H and O–H groups in total. The lowest BCUT2D eigenvalue weighted by Crippen LogP contribution is -2.32. The van der Waals surface area contributed by atoms with Crippen LogP contribution in [0.2, 0.25) is 0 Å². The number of nitrogens with zero attached hydrogens (tertiary/aromatic N) is 3. The van der Waals surface area contributed by atoms with Crippen molar-refractivity contribution in [1.29, 1.82) is 0 Å². The number of imidazole rings is 2. The predicted molar refractivity (Wildman–Crippen MR) is 141 cm³/mol. The van der Waals surface area contributed by atoms with Crippen LogP contribution in [-0.4, -0.2) is 55.4 Å². The summed E-state index contributed by atoms with van der Waals surface area (Å²) in [6.07, 6.45) is 3.11. The number of amides is 2. The maximum Gasteiger partial charge on any atom is 0.276 e. The fourth-order valence-corrected chi connectivity index (χ4v) is 4.53. The molecule has 0 atom stereocenters. The van der Waals surface area contributed by atoms with Crippen molar-refractivity contribution in [3.05, 3.63) is 64.1 Å². The van der Waals surface area contributed by atoms with E-state index in [1.165, 1.54) is 6.33 Å². The van der Waals surface area contributed by atoms with Gasteiger partial charge in [0.2, 0.25) is 5.95 Å². The van der Waals surface area contributed by atoms with E-state index in [0.29, 0.717) is 22.5 Å². The highest BCUT2D eigenvalue weighted by Gasteiger charge is 2.23. The summed E-state index contributed by atoms with van der Waals surface area (Å²) in [7, 11) is 0. The van der Waals surface area contributed by atoms with Gasteiger partial charge >= 0.3 is 0 Å². The van der Waals surface area contributed by atoms with Crippen molar-refractivity contribution in [2.45, 2.75) is 25.9 Å². The van der Waals surface area contributed by atoms with Gasteiger partial charge < -0.3 is 20.0 Å². The lowest BCUT2D eigenvalue weighted by Gasteiger charge is -2.27. The maximum atomic E-state index is 12.9. The largest absolute Gasteiger partial charge is 0.490 e. The number of benzene rings is 2. The summed E-state index contributed by atoms with van der Waals surface area (Å²) in [5.74, 6) is -0.0974. The lowest BCUT2D eigenvalue weighted by atomic mass is 10.1. The van der Waals surface area contributed by atoms with Crippen LogP contribution in [0.1, 0.15) is 39.4 Å². The fraction of sp³-hybridized carbons (Fsp3) is 0.250. The van der Waals surface area contributed by atoms with Gasteiger partial charge in [-0.3, -0.25) is 14.9 Å². The van der Waals surface area contributed by atoms with Crippen molar-refractivity contribution >= 4 is 62.2 Å². The van der Waals surface area contributed by atoms with E-state index < -0.39 is 11.8 Å². The summed E-state index contributed by atoms with van der Waals surface area (Å²) in [5, 5.41) is 5.49. The molecule has 0 saturated carbocycles. The smallest absolute Gasteiger partial charge is 0.276 e. The van der Waals surface area contributed by atoms with Gasteiger partial charge in [0, 0.05) is 29.3 Å². The molecule has 0 unspecified atom stereocenters. The van der Waals surface area contributed by atoms with Crippen LogP contribution >= 0.6 is 27.7 Å². The van der Waals surface area contributed by atoms with Gasteiger partial charge in [0.05, 0.1) is 17.4 Å². The number of aromatic nitrogens is 4. The molecule has 12 heteroatoms. The third kappa shape index (κ3) is 5.38. The van der Waals surface area contributed by atoms with Crippen LogP contribution in [0.25, 0.3) is 11.0 Å². The number of nitrogens with one attached hydrogen (secondary N) is 4. The number of carbonyl (C=O) groups excluding carboxylic acids is 2. The van der Waals surface area contributed by atoms with Gasteiger partial charge in [0.1, 0.15) is 17.5 Å². The minimum atomic E-state index is -0.549. The van der Waals surface area contributed by atoms with Gasteiger partial charge in [-0.15, -0.1) is 0 Å². The Kier molecular flexibility index (Phi) is 6.95. The van der Waals surface area contributed by atoms with Crippen molar-refractivity contribution < 1.29 is 14.3 Å². The Morgan fingerprint density at radius 2 is 1.94 bits per heavy atom. The fourth-order valence-electron chi connectivity index (χ4n) is 3.98. The van der Waals surface area contributed by atoms with E-state index in [9.17, 15) is 9.59 Å². The highest BCUT2D eigenvalue weighted by atomic mass is 79.9. The molecule has 0 radical (unpaired) electrons. The van der Waals surface area contributed by atoms with E-state index in [4.69, 9.17) is 16.5 Å². The molecule has 1 aliphatic heterocycles. The number of carbonyl (C=O) groups is 2. The molecule has 4 aromatic rings. The van der Waals surface area contributed by atoms with Crippen molar-refractivity contribution in [2.75, 3.05) is 23.7 Å². The number of fused-ring (bicyclic) bond motifs is 1. The number of aromatic amines is 2. The quantitative estimate of drug-likeness (QED) is 0.244. The summed E-state index contributed by atoms with van der Waals surface area (Å²) >= 11 is 9.41. The van der Waals surface area contributed by atoms with Crippen molar-refractivity contribution in [2.24, 2.45) is 0 Å². The van der Waals surface area contributed by atoms with E-state index in [-0.39, 0.29) is 23.4 Å². The molecular weight excluding hydrogens is 550 g/mol. The number of rotatable bonds is 6. The first-order chi connectivity index (χ1) is 17.4. The maximum absolute atomic E-state index is 12.9. The average molecular weight is 573 g/mol. The summed E-state index contributed by atoms with van der Waals surface area (Å²) in [6.45, 7) is 3.44. The van der Waals surface area contributed by atoms with E-state index in [2.05, 4.69) is 46.5 Å². The zero-order chi connectivity index (χ0) is 25.2. The molecular formula is C24H23BrClN7O3. The zero-order valence-corrected chi connectivity index (χ0v) is 21.6. The first kappa shape index (κ1) is 24.3. The SMILES string of the molecule is Cc1ccc(Br)cc1NC(=O)c1nc[nH]c1C(=O)Nc1nc2ccc(OC3CCN(Cl)CC3)cc2[nH]1. The minimum Gasteiger partial charge on any atom is -0.490 e. The van der Waals surface area contributed by atoms with Gasteiger partial charge in [-0.05, 0) is 61.4 Å². The Labute approximate surface area is 220 Å². The molecule has 2 amide bonds. The predicted octanol–water partition coefficient (Wildman–Crippen LogP) is 4.86. The summed E-state index contributed by atoms with van der Waals surface area (Å²) < 4.78 is 8.68. The Bertz CT molecular complexity index is 1430. The molecule has 10 nitrogen and oxygen atoms in total. The van der Waals surface area contributed by atoms with Crippen LogP contribution in [0.5, 0.6) is 5.75 Å². The number of anilines is 2. The number of ether oxygens (including phenoxy) is 1. The number of halogens is 2. The molecule has 1 saturated heterocycles. The van der Waals surface area contributed by atoms with Crippen LogP contribution in [0, 0.1) is 6.92 Å². The molecule has 1 fully saturated rings. The highest BCUT2D eigenvalue weighted by Crippen LogP contribution is 2.25. The topological polar surface area (TPSA) is 128 Å². The molecule has 3 heterocycles. The summed E-state index contributed by atoms with van der Waals surface area (Å²) in [6, 6.07) is 11.1. The van der Waals surface area contributed by atoms with Crippen LogP contribution in [-0.2, 0) is 0 Å². The molecule has 5 rings (SSSR count). The third-order valence-electron chi connectivity index (χ3n) is 5.90. The second-order valence-electron chi connectivity index (χ2n) is 8.49. The first-order valence-electron chi connectivity index (χ1n) is 11.3. The normalized spacial score (nSPS) is 14.6. The molecule has 0 spiro atoms. The average Bonchev–Trinajstić information content (AvgIpc) is 3.49. The van der Waals surface area contributed by atoms with E-state index in [0.717, 1.165) is 36.0 Å². The summed E-state index contributed by atoms with van der Waals surface area (Å²) in [5.41, 5.74) is 2.87. The van der Waals surface area contributed by atoms with Crippen LogP contribution in [0.4, 0.5) is 11.6 Å². The number of hydrogen-bond acceptors (Lipinski definition) is 6. The van der Waals surface area contributed by atoms with Gasteiger partial charge in [0.25, 0.3) is 11.8 Å². The molecule has 186 valence electrons. The Hall–Kier alpha value is -3.41. The number of aryl methyl sites for hydroxylation is 1. The molecule has 2 aromatic carbocycles. The van der Waals surface area contributed by atoms with Crippen LogP contribution in [0.15, 0.2) is 47.2 Å². The number of hydrogen-bond donors (Lipinski definition) is 4. The van der Waals surface area contributed by atoms with Crippen LogP contribution < -0.4 is 15.4 Å². The Morgan fingerprint density at radius 1 is 1.14 bits per heavy atom.